The van der Waals surface area contributed by atoms with Gasteiger partial charge in [0, 0.05) is 0 Å². The maximum atomic E-state index is 12.0. The topological polar surface area (TPSA) is 9.23 Å². The van der Waals surface area contributed by atoms with Crippen molar-refractivity contribution < 1.29 is 26.5 Å². The van der Waals surface area contributed by atoms with Crippen molar-refractivity contribution in [1.29, 1.82) is 0 Å². The Kier molecular flexibility index (Phi) is 8.82. The zero-order chi connectivity index (χ0) is 9.90. The molecule has 1 aromatic rings. The normalized spacial score (nSPS) is 9.60. The van der Waals surface area contributed by atoms with E-state index < -0.39 is 20.1 Å². The van der Waals surface area contributed by atoms with Gasteiger partial charge in [-0.15, -0.1) is 24.8 Å². The number of hydrogen-bond acceptors (Lipinski definition) is 1. The van der Waals surface area contributed by atoms with Crippen molar-refractivity contribution in [3.05, 3.63) is 29.8 Å². The minimum Gasteiger partial charge on any atom is -0.147 e. The van der Waals surface area contributed by atoms with Gasteiger partial charge in [-0.25, -0.2) is 0 Å². The van der Waals surface area contributed by atoms with Crippen LogP contribution in [-0.2, 0) is 25.5 Å². The van der Waals surface area contributed by atoms with Crippen molar-refractivity contribution in [2.45, 2.75) is 26.2 Å². The predicted octanol–water partition coefficient (Wildman–Crippen LogP) is 4.09. The fourth-order valence-corrected chi connectivity index (χ4v) is 1.41. The minimum atomic E-state index is -1.74. The average molecular weight is 289 g/mol. The van der Waals surface area contributed by atoms with Gasteiger partial charge in [-0.05, 0) is 0 Å². The predicted molar refractivity (Wildman–Crippen MR) is 61.4 cm³/mol. The van der Waals surface area contributed by atoms with E-state index in [0.717, 1.165) is 0 Å². The Hall–Kier alpha value is 0.244. The summed E-state index contributed by atoms with van der Waals surface area (Å²) in [6.07, 6.45) is 0. The molecule has 0 aliphatic carbocycles. The fourth-order valence-electron chi connectivity index (χ4n) is 1.07. The molecule has 86 valence electrons. The first-order chi connectivity index (χ1) is 6.04. The summed E-state index contributed by atoms with van der Waals surface area (Å²) in [5.74, 6) is 0.648. The molecule has 5 heteroatoms. The number of rotatable bonds is 2. The van der Waals surface area contributed by atoms with Crippen molar-refractivity contribution in [3.8, 4) is 5.75 Å². The maximum absolute atomic E-state index is 12.0. The molecule has 0 atom stereocenters. The number of benzene rings is 1. The Morgan fingerprint density at radius 2 is 1.80 bits per heavy atom. The van der Waals surface area contributed by atoms with E-state index in [4.69, 9.17) is 3.32 Å². The van der Waals surface area contributed by atoms with Gasteiger partial charge in [0.05, 0.1) is 0 Å². The Balaban J connectivity index is 0. The summed E-state index contributed by atoms with van der Waals surface area (Å²) in [5, 5.41) is 0. The molecule has 0 N–H and O–H groups in total. The summed E-state index contributed by atoms with van der Waals surface area (Å²) in [4.78, 5) is 0. The summed E-state index contributed by atoms with van der Waals surface area (Å²) in [5.41, 5.74) is 1.26. The van der Waals surface area contributed by atoms with Crippen molar-refractivity contribution in [1.82, 2.24) is 0 Å². The molecule has 0 bridgehead atoms. The van der Waals surface area contributed by atoms with Gasteiger partial charge in [0.25, 0.3) is 0 Å². The Morgan fingerprint density at radius 3 is 2.27 bits per heavy atom. The molecule has 0 saturated carbocycles. The molecular formula is C10H15Cl2FOTi. The van der Waals surface area contributed by atoms with Crippen LogP contribution < -0.4 is 3.32 Å². The maximum Gasteiger partial charge on any atom is -0.147 e. The summed E-state index contributed by atoms with van der Waals surface area (Å²) >= 11 is -1.74. The van der Waals surface area contributed by atoms with Crippen molar-refractivity contribution >= 4 is 24.8 Å². The van der Waals surface area contributed by atoms with E-state index in [1.807, 2.05) is 18.2 Å². The third kappa shape index (κ3) is 5.77. The monoisotopic (exact) mass is 288 g/mol. The zero-order valence-electron chi connectivity index (χ0n) is 8.91. The van der Waals surface area contributed by atoms with Crippen LogP contribution in [0.4, 0.5) is 3.09 Å². The van der Waals surface area contributed by atoms with Crippen LogP contribution in [0.1, 0.15) is 26.3 Å². The smallest absolute Gasteiger partial charge is 0.147 e. The van der Waals surface area contributed by atoms with Gasteiger partial charge >= 0.3 is 88.3 Å². The van der Waals surface area contributed by atoms with E-state index in [2.05, 4.69) is 20.8 Å². The molecule has 0 aromatic heterocycles. The van der Waals surface area contributed by atoms with Gasteiger partial charge in [-0.1, -0.05) is 0 Å². The molecule has 0 unspecified atom stereocenters. The molecular weight excluding hydrogens is 274 g/mol. The van der Waals surface area contributed by atoms with E-state index in [0.29, 0.717) is 5.75 Å². The first-order valence-corrected chi connectivity index (χ1v) is 5.40. The van der Waals surface area contributed by atoms with Crippen molar-refractivity contribution in [2.75, 3.05) is 0 Å². The van der Waals surface area contributed by atoms with Gasteiger partial charge in [0.1, 0.15) is 0 Å². The Labute approximate surface area is 113 Å². The molecule has 0 radical (unpaired) electrons. The van der Waals surface area contributed by atoms with Gasteiger partial charge in [0.2, 0.25) is 0 Å². The van der Waals surface area contributed by atoms with Crippen LogP contribution >= 0.6 is 24.8 Å². The standard InChI is InChI=1S/C10H14O.2ClH.FH.Ti/c1-10(2,3)8-5-4-6-9(11)7-8;;;;/h4-7,11H,1-3H3;3*1H;/q;;;;+2/p-2. The molecule has 0 saturated heterocycles. The molecule has 1 nitrogen and oxygen atoms in total. The van der Waals surface area contributed by atoms with Gasteiger partial charge in [-0.2, -0.15) is 0 Å². The first-order valence-electron chi connectivity index (χ1n) is 4.17. The van der Waals surface area contributed by atoms with Gasteiger partial charge in [0.15, 0.2) is 0 Å². The summed E-state index contributed by atoms with van der Waals surface area (Å²) in [7, 11) is 0. The fraction of sp³-hybridized carbons (Fsp3) is 0.400. The SMILES string of the molecule is CC(C)(C)c1cccc([O][Ti][F])c1.Cl.Cl. The van der Waals surface area contributed by atoms with Gasteiger partial charge in [-0.3, -0.25) is 0 Å². The molecule has 0 spiro atoms. The molecule has 0 heterocycles. The van der Waals surface area contributed by atoms with E-state index >= 15 is 0 Å². The molecule has 1 rings (SSSR count). The third-order valence-electron chi connectivity index (χ3n) is 1.86. The van der Waals surface area contributed by atoms with E-state index in [1.165, 1.54) is 5.56 Å². The van der Waals surface area contributed by atoms with Crippen LogP contribution in [0.15, 0.2) is 24.3 Å². The van der Waals surface area contributed by atoms with E-state index in [9.17, 15) is 3.09 Å². The van der Waals surface area contributed by atoms with Crippen LogP contribution in [0, 0.1) is 0 Å². The zero-order valence-corrected chi connectivity index (χ0v) is 12.1. The molecule has 1 aromatic carbocycles. The molecule has 0 aliphatic heterocycles. The third-order valence-corrected chi connectivity index (χ3v) is 2.35. The van der Waals surface area contributed by atoms with Crippen LogP contribution in [0.2, 0.25) is 0 Å². The van der Waals surface area contributed by atoms with Crippen molar-refractivity contribution in [2.24, 2.45) is 0 Å². The molecule has 0 amide bonds. The number of halogens is 3. The summed E-state index contributed by atoms with van der Waals surface area (Å²) < 4.78 is 16.9. The second-order valence-electron chi connectivity index (χ2n) is 3.96. The largest absolute Gasteiger partial charge is 0.147 e. The quantitative estimate of drug-likeness (QED) is 0.745. The van der Waals surface area contributed by atoms with Crippen molar-refractivity contribution in [3.63, 3.8) is 0 Å². The van der Waals surface area contributed by atoms with E-state index in [1.54, 1.807) is 6.07 Å². The van der Waals surface area contributed by atoms with Gasteiger partial charge < -0.3 is 0 Å². The molecule has 15 heavy (non-hydrogen) atoms. The summed E-state index contributed by atoms with van der Waals surface area (Å²) in [6, 6.07) is 7.63. The Morgan fingerprint density at radius 1 is 1.20 bits per heavy atom. The van der Waals surface area contributed by atoms with Crippen LogP contribution in [0.5, 0.6) is 5.75 Å². The Bertz CT molecular complexity index is 289. The molecule has 0 aliphatic rings. The van der Waals surface area contributed by atoms with E-state index in [-0.39, 0.29) is 30.2 Å². The van der Waals surface area contributed by atoms with Crippen LogP contribution in [0.3, 0.4) is 0 Å². The second kappa shape index (κ2) is 7.51. The first kappa shape index (κ1) is 17.6. The second-order valence-corrected chi connectivity index (χ2v) is 4.52. The molecule has 0 fully saturated rings. The van der Waals surface area contributed by atoms with Crippen LogP contribution in [0.25, 0.3) is 0 Å². The average Bonchev–Trinajstić information content (AvgIpc) is 2.04. The van der Waals surface area contributed by atoms with Crippen LogP contribution in [-0.4, -0.2) is 0 Å². The minimum absolute atomic E-state index is 0. The summed E-state index contributed by atoms with van der Waals surface area (Å²) in [6.45, 7) is 6.37. The number of hydrogen-bond donors (Lipinski definition) is 0.